The van der Waals surface area contributed by atoms with Crippen LogP contribution in [0.1, 0.15) is 31.4 Å². The largest absolute Gasteiger partial charge is 0.339 e. The number of nitrogens with zero attached hydrogens (tertiary/aromatic N) is 2. The molecule has 2 amide bonds. The molecule has 7 heteroatoms. The maximum absolute atomic E-state index is 12.4. The van der Waals surface area contributed by atoms with E-state index in [-0.39, 0.29) is 30.1 Å². The SMILES string of the molecule is CCC(C)C(N)C(=O)N1CCN(CC(=O)Nc2cccc(C)c2C)CC1.Cl. The minimum atomic E-state index is -0.431. The number of anilines is 1. The first-order valence-corrected chi connectivity index (χ1v) is 9.46. The minimum Gasteiger partial charge on any atom is -0.339 e. The lowest BCUT2D eigenvalue weighted by atomic mass is 9.98. The zero-order valence-electron chi connectivity index (χ0n) is 16.8. The first-order valence-electron chi connectivity index (χ1n) is 9.46. The van der Waals surface area contributed by atoms with E-state index in [0.29, 0.717) is 32.7 Å². The summed E-state index contributed by atoms with van der Waals surface area (Å²) in [6.07, 6.45) is 0.894. The average molecular weight is 397 g/mol. The van der Waals surface area contributed by atoms with E-state index >= 15 is 0 Å². The molecule has 1 fully saturated rings. The Morgan fingerprint density at radius 1 is 1.19 bits per heavy atom. The van der Waals surface area contributed by atoms with E-state index in [2.05, 4.69) is 10.2 Å². The smallest absolute Gasteiger partial charge is 0.239 e. The van der Waals surface area contributed by atoms with Gasteiger partial charge in [-0.1, -0.05) is 32.4 Å². The molecule has 2 unspecified atom stereocenters. The molecule has 1 aliphatic rings. The molecule has 0 saturated carbocycles. The number of aryl methyl sites for hydroxylation is 1. The number of rotatable bonds is 6. The Morgan fingerprint density at radius 2 is 1.81 bits per heavy atom. The van der Waals surface area contributed by atoms with Crippen LogP contribution < -0.4 is 11.1 Å². The third kappa shape index (κ3) is 6.19. The van der Waals surface area contributed by atoms with Crippen LogP contribution in [0.15, 0.2) is 18.2 Å². The summed E-state index contributed by atoms with van der Waals surface area (Å²) in [6, 6.07) is 5.47. The van der Waals surface area contributed by atoms with Crippen molar-refractivity contribution in [3.8, 4) is 0 Å². The molecule has 27 heavy (non-hydrogen) atoms. The molecule has 152 valence electrons. The number of piperazine rings is 1. The van der Waals surface area contributed by atoms with E-state index in [1.807, 2.05) is 50.8 Å². The molecule has 1 aliphatic heterocycles. The van der Waals surface area contributed by atoms with Crippen LogP contribution in [0.3, 0.4) is 0 Å². The molecular weight excluding hydrogens is 364 g/mol. The number of nitrogens with one attached hydrogen (secondary N) is 1. The van der Waals surface area contributed by atoms with Crippen LogP contribution >= 0.6 is 12.4 Å². The minimum absolute atomic E-state index is 0. The molecule has 3 N–H and O–H groups in total. The summed E-state index contributed by atoms with van der Waals surface area (Å²) in [6.45, 7) is 11.1. The molecule has 0 bridgehead atoms. The number of hydrogen-bond acceptors (Lipinski definition) is 4. The molecule has 0 aliphatic carbocycles. The van der Waals surface area contributed by atoms with E-state index in [0.717, 1.165) is 23.2 Å². The van der Waals surface area contributed by atoms with Gasteiger partial charge in [0, 0.05) is 31.9 Å². The maximum Gasteiger partial charge on any atom is 0.239 e. The van der Waals surface area contributed by atoms with Crippen molar-refractivity contribution in [2.45, 2.75) is 40.2 Å². The van der Waals surface area contributed by atoms with Crippen LogP contribution in [0.4, 0.5) is 5.69 Å². The summed E-state index contributed by atoms with van der Waals surface area (Å²) in [5, 5.41) is 2.99. The molecular formula is C20H33ClN4O2. The van der Waals surface area contributed by atoms with Crippen molar-refractivity contribution in [3.63, 3.8) is 0 Å². The molecule has 1 aromatic rings. The molecule has 2 rings (SSSR count). The van der Waals surface area contributed by atoms with E-state index in [1.165, 1.54) is 0 Å². The molecule has 2 atom stereocenters. The van der Waals surface area contributed by atoms with Gasteiger partial charge in [0.2, 0.25) is 11.8 Å². The number of carbonyl (C=O) groups excluding carboxylic acids is 2. The van der Waals surface area contributed by atoms with Crippen LogP contribution in [0.25, 0.3) is 0 Å². The second-order valence-corrected chi connectivity index (χ2v) is 7.31. The number of carbonyl (C=O) groups is 2. The molecule has 0 aromatic heterocycles. The number of nitrogens with two attached hydrogens (primary N) is 1. The second-order valence-electron chi connectivity index (χ2n) is 7.31. The molecule has 1 aromatic carbocycles. The second kappa shape index (κ2) is 10.6. The Morgan fingerprint density at radius 3 is 2.41 bits per heavy atom. The highest BCUT2D eigenvalue weighted by atomic mass is 35.5. The number of halogens is 1. The monoisotopic (exact) mass is 396 g/mol. The highest BCUT2D eigenvalue weighted by molar-refractivity contribution is 5.93. The average Bonchev–Trinajstić information content (AvgIpc) is 2.64. The number of amides is 2. The summed E-state index contributed by atoms with van der Waals surface area (Å²) in [4.78, 5) is 28.7. The molecule has 0 radical (unpaired) electrons. The fourth-order valence-corrected chi connectivity index (χ4v) is 3.11. The van der Waals surface area contributed by atoms with Crippen LogP contribution in [-0.4, -0.2) is 60.4 Å². The summed E-state index contributed by atoms with van der Waals surface area (Å²) in [5.74, 6) is 0.192. The van der Waals surface area contributed by atoms with E-state index in [1.54, 1.807) is 0 Å². The molecule has 1 saturated heterocycles. The van der Waals surface area contributed by atoms with Crippen molar-refractivity contribution in [3.05, 3.63) is 29.3 Å². The third-order valence-electron chi connectivity index (χ3n) is 5.47. The van der Waals surface area contributed by atoms with E-state index in [4.69, 9.17) is 5.73 Å². The van der Waals surface area contributed by atoms with Crippen LogP contribution in [-0.2, 0) is 9.59 Å². The van der Waals surface area contributed by atoms with Gasteiger partial charge in [-0.25, -0.2) is 0 Å². The van der Waals surface area contributed by atoms with Gasteiger partial charge < -0.3 is 16.0 Å². The lowest BCUT2D eigenvalue weighted by Crippen LogP contribution is -2.55. The van der Waals surface area contributed by atoms with Gasteiger partial charge in [0.05, 0.1) is 12.6 Å². The summed E-state index contributed by atoms with van der Waals surface area (Å²) >= 11 is 0. The van der Waals surface area contributed by atoms with Gasteiger partial charge in [0.1, 0.15) is 0 Å². The highest BCUT2D eigenvalue weighted by Gasteiger charge is 2.28. The fraction of sp³-hybridized carbons (Fsp3) is 0.600. The van der Waals surface area contributed by atoms with Crippen molar-refractivity contribution in [2.24, 2.45) is 11.7 Å². The van der Waals surface area contributed by atoms with Gasteiger partial charge in [-0.2, -0.15) is 0 Å². The van der Waals surface area contributed by atoms with Crippen molar-refractivity contribution < 1.29 is 9.59 Å². The third-order valence-corrected chi connectivity index (χ3v) is 5.47. The van der Waals surface area contributed by atoms with Crippen molar-refractivity contribution in [1.29, 1.82) is 0 Å². The summed E-state index contributed by atoms with van der Waals surface area (Å²) < 4.78 is 0. The van der Waals surface area contributed by atoms with Crippen LogP contribution in [0, 0.1) is 19.8 Å². The Bertz CT molecular complexity index is 645. The first kappa shape index (κ1) is 23.4. The summed E-state index contributed by atoms with van der Waals surface area (Å²) in [7, 11) is 0. The van der Waals surface area contributed by atoms with Gasteiger partial charge in [-0.05, 0) is 37.0 Å². The molecule has 1 heterocycles. The lowest BCUT2D eigenvalue weighted by Gasteiger charge is -2.36. The molecule has 0 spiro atoms. The van der Waals surface area contributed by atoms with Crippen molar-refractivity contribution >= 4 is 29.9 Å². The van der Waals surface area contributed by atoms with E-state index in [9.17, 15) is 9.59 Å². The van der Waals surface area contributed by atoms with Gasteiger partial charge in [0.25, 0.3) is 0 Å². The highest BCUT2D eigenvalue weighted by Crippen LogP contribution is 2.18. The summed E-state index contributed by atoms with van der Waals surface area (Å²) in [5.41, 5.74) is 9.18. The Kier molecular flexibility index (Phi) is 9.22. The fourth-order valence-electron chi connectivity index (χ4n) is 3.11. The zero-order chi connectivity index (χ0) is 19.3. The quantitative estimate of drug-likeness (QED) is 0.772. The number of hydrogen-bond donors (Lipinski definition) is 2. The Balaban J connectivity index is 0.00000364. The zero-order valence-corrected chi connectivity index (χ0v) is 17.6. The van der Waals surface area contributed by atoms with Crippen LogP contribution in [0.2, 0.25) is 0 Å². The van der Waals surface area contributed by atoms with E-state index < -0.39 is 6.04 Å². The van der Waals surface area contributed by atoms with Gasteiger partial charge in [-0.15, -0.1) is 12.4 Å². The van der Waals surface area contributed by atoms with Crippen LogP contribution in [0.5, 0.6) is 0 Å². The Hall–Kier alpha value is -1.63. The van der Waals surface area contributed by atoms with Gasteiger partial charge >= 0.3 is 0 Å². The number of benzene rings is 1. The predicted molar refractivity (Wildman–Crippen MR) is 112 cm³/mol. The van der Waals surface area contributed by atoms with Gasteiger partial charge in [-0.3, -0.25) is 14.5 Å². The normalized spacial score (nSPS) is 17.0. The lowest BCUT2D eigenvalue weighted by molar-refractivity contribution is -0.135. The van der Waals surface area contributed by atoms with Gasteiger partial charge in [0.15, 0.2) is 0 Å². The predicted octanol–water partition coefficient (Wildman–Crippen LogP) is 2.18. The topological polar surface area (TPSA) is 78.7 Å². The standard InChI is InChI=1S/C20H32N4O2.ClH/c1-5-14(2)19(21)20(26)24-11-9-23(10-12-24)13-18(25)22-17-8-6-7-15(3)16(17)4;/h6-8,14,19H,5,9-13,21H2,1-4H3,(H,22,25);1H. The van der Waals surface area contributed by atoms with Crippen molar-refractivity contribution in [1.82, 2.24) is 9.80 Å². The first-order chi connectivity index (χ1) is 12.3. The Labute approximate surface area is 168 Å². The molecule has 6 nitrogen and oxygen atoms in total. The van der Waals surface area contributed by atoms with Crippen molar-refractivity contribution in [2.75, 3.05) is 38.0 Å². The maximum atomic E-state index is 12.4.